The fourth-order valence-electron chi connectivity index (χ4n) is 1.14. The fraction of sp³-hybridized carbons (Fsp3) is 0.0588. The summed E-state index contributed by atoms with van der Waals surface area (Å²) in [5, 5.41) is 8.89. The van der Waals surface area contributed by atoms with Gasteiger partial charge in [-0.25, -0.2) is 4.99 Å². The van der Waals surface area contributed by atoms with E-state index in [1.807, 2.05) is 30.4 Å². The predicted octanol–water partition coefficient (Wildman–Crippen LogP) is 3.29. The van der Waals surface area contributed by atoms with Crippen molar-refractivity contribution in [2.45, 2.75) is 0 Å². The molecule has 5 heteroatoms. The maximum Gasteiger partial charge on any atom is 0.158 e. The Kier molecular flexibility index (Phi) is 9.74. The monoisotopic (exact) mass is 292 g/mol. The SMILES string of the molecule is N#CC1=CN=CC=NC=CC=CC=COCC=CC=CC=N1. The molecule has 1 aliphatic rings. The van der Waals surface area contributed by atoms with Crippen LogP contribution in [-0.2, 0) is 4.74 Å². The van der Waals surface area contributed by atoms with Crippen molar-refractivity contribution in [1.29, 1.82) is 5.26 Å². The van der Waals surface area contributed by atoms with E-state index in [9.17, 15) is 0 Å². The van der Waals surface area contributed by atoms with Crippen LogP contribution in [0.5, 0.6) is 0 Å². The molecule has 0 bridgehead atoms. The lowest BCUT2D eigenvalue weighted by Crippen LogP contribution is -1.79. The molecule has 0 atom stereocenters. The Morgan fingerprint density at radius 3 is 2.64 bits per heavy atom. The Morgan fingerprint density at radius 2 is 1.73 bits per heavy atom. The normalized spacial score (nSPS) is 16.0. The van der Waals surface area contributed by atoms with Crippen molar-refractivity contribution in [1.82, 2.24) is 0 Å². The zero-order valence-corrected chi connectivity index (χ0v) is 12.0. The summed E-state index contributed by atoms with van der Waals surface area (Å²) in [5.74, 6) is 0. The van der Waals surface area contributed by atoms with Crippen LogP contribution >= 0.6 is 0 Å². The summed E-state index contributed by atoms with van der Waals surface area (Å²) in [6.07, 6.45) is 23.5. The Labute approximate surface area is 130 Å². The van der Waals surface area contributed by atoms with Gasteiger partial charge in [-0.2, -0.15) is 5.26 Å². The van der Waals surface area contributed by atoms with E-state index in [-0.39, 0.29) is 5.70 Å². The number of rotatable bonds is 0. The summed E-state index contributed by atoms with van der Waals surface area (Å²) in [6, 6.07) is 1.94. The molecule has 110 valence electrons. The summed E-state index contributed by atoms with van der Waals surface area (Å²) < 4.78 is 5.24. The van der Waals surface area contributed by atoms with Crippen molar-refractivity contribution < 1.29 is 4.74 Å². The molecule has 0 fully saturated rings. The van der Waals surface area contributed by atoms with Crippen LogP contribution in [0.2, 0.25) is 0 Å². The standard InChI is InChI=1S/C17H16N4O/c18-15-17-16-20-12-11-19-9-5-1-3-7-13-22-14-8-4-2-6-10-21-17/h1-13,16H,14H2. The largest absolute Gasteiger partial charge is 0.497 e. The molecule has 0 saturated carbocycles. The second-order valence-electron chi connectivity index (χ2n) is 3.70. The molecule has 0 N–H and O–H groups in total. The van der Waals surface area contributed by atoms with Gasteiger partial charge in [0.05, 0.1) is 12.5 Å². The van der Waals surface area contributed by atoms with Crippen LogP contribution in [0.4, 0.5) is 0 Å². The van der Waals surface area contributed by atoms with Crippen LogP contribution in [0.25, 0.3) is 0 Å². The van der Waals surface area contributed by atoms with Gasteiger partial charge in [0.1, 0.15) is 12.7 Å². The molecule has 0 saturated heterocycles. The van der Waals surface area contributed by atoms with Crippen LogP contribution in [0.3, 0.4) is 0 Å². The van der Waals surface area contributed by atoms with Gasteiger partial charge < -0.3 is 4.74 Å². The van der Waals surface area contributed by atoms with Crippen LogP contribution in [0, 0.1) is 11.3 Å². The number of ether oxygens (including phenoxy) is 1. The highest BCUT2D eigenvalue weighted by molar-refractivity contribution is 6.16. The minimum atomic E-state index is 0.208. The van der Waals surface area contributed by atoms with Crippen LogP contribution in [-0.4, -0.2) is 25.3 Å². The van der Waals surface area contributed by atoms with Gasteiger partial charge in [-0.05, 0) is 24.3 Å². The van der Waals surface area contributed by atoms with Crippen molar-refractivity contribution >= 4 is 18.6 Å². The number of nitrogens with zero attached hydrogens (tertiary/aromatic N) is 4. The van der Waals surface area contributed by atoms with E-state index in [0.717, 1.165) is 0 Å². The Bertz CT molecular complexity index is 624. The maximum atomic E-state index is 8.89. The third-order valence-corrected chi connectivity index (χ3v) is 2.08. The van der Waals surface area contributed by atoms with E-state index in [2.05, 4.69) is 15.0 Å². The molecular weight excluding hydrogens is 276 g/mol. The summed E-state index contributed by atoms with van der Waals surface area (Å²) in [6.45, 7) is 0.476. The van der Waals surface area contributed by atoms with Gasteiger partial charge in [0.15, 0.2) is 5.70 Å². The average molecular weight is 292 g/mol. The zero-order chi connectivity index (χ0) is 15.7. The Balaban J connectivity index is 2.77. The van der Waals surface area contributed by atoms with Crippen LogP contribution in [0.15, 0.2) is 87.9 Å². The minimum Gasteiger partial charge on any atom is -0.497 e. The van der Waals surface area contributed by atoms with Gasteiger partial charge in [0, 0.05) is 24.8 Å². The van der Waals surface area contributed by atoms with E-state index < -0.39 is 0 Å². The zero-order valence-electron chi connectivity index (χ0n) is 12.0. The van der Waals surface area contributed by atoms with Crippen molar-refractivity contribution in [3.63, 3.8) is 0 Å². The lowest BCUT2D eigenvalue weighted by Gasteiger charge is -1.91. The van der Waals surface area contributed by atoms with E-state index in [4.69, 9.17) is 10.00 Å². The smallest absolute Gasteiger partial charge is 0.158 e. The fourth-order valence-corrected chi connectivity index (χ4v) is 1.14. The molecule has 1 heterocycles. The van der Waals surface area contributed by atoms with Crippen LogP contribution < -0.4 is 0 Å². The Morgan fingerprint density at radius 1 is 0.909 bits per heavy atom. The van der Waals surface area contributed by atoms with E-state index >= 15 is 0 Å². The Hall–Kier alpha value is -3.26. The average Bonchev–Trinajstić information content (AvgIpc) is 2.54. The summed E-state index contributed by atoms with van der Waals surface area (Å²) >= 11 is 0. The van der Waals surface area contributed by atoms with Crippen molar-refractivity contribution in [2.24, 2.45) is 15.0 Å². The number of aliphatic imine (C=N–C) groups is 3. The number of hydrogen-bond acceptors (Lipinski definition) is 5. The number of nitriles is 1. The predicted molar refractivity (Wildman–Crippen MR) is 90.8 cm³/mol. The topological polar surface area (TPSA) is 70.1 Å². The maximum absolute atomic E-state index is 8.89. The van der Waals surface area contributed by atoms with Gasteiger partial charge in [-0.3, -0.25) is 9.98 Å². The number of allylic oxidation sites excluding steroid dienone is 8. The van der Waals surface area contributed by atoms with Gasteiger partial charge in [0.2, 0.25) is 0 Å². The summed E-state index contributed by atoms with van der Waals surface area (Å²) in [7, 11) is 0. The first kappa shape index (κ1) is 16.8. The third kappa shape index (κ3) is 9.64. The molecule has 0 radical (unpaired) electrons. The second kappa shape index (κ2) is 12.8. The lowest BCUT2D eigenvalue weighted by molar-refractivity contribution is 0.290. The van der Waals surface area contributed by atoms with E-state index in [0.29, 0.717) is 6.61 Å². The summed E-state index contributed by atoms with van der Waals surface area (Å²) in [5.41, 5.74) is 0.208. The molecule has 0 amide bonds. The molecule has 0 spiro atoms. The molecule has 22 heavy (non-hydrogen) atoms. The first-order valence-electron chi connectivity index (χ1n) is 6.54. The van der Waals surface area contributed by atoms with Gasteiger partial charge >= 0.3 is 0 Å². The highest BCUT2D eigenvalue weighted by atomic mass is 16.5. The second-order valence-corrected chi connectivity index (χ2v) is 3.70. The lowest BCUT2D eigenvalue weighted by atomic mass is 10.4. The molecule has 1 aliphatic heterocycles. The van der Waals surface area contributed by atoms with Gasteiger partial charge in [-0.1, -0.05) is 24.3 Å². The van der Waals surface area contributed by atoms with Crippen molar-refractivity contribution in [3.05, 3.63) is 73.0 Å². The molecule has 0 aromatic carbocycles. The highest BCUT2D eigenvalue weighted by Crippen LogP contribution is 1.93. The molecule has 0 aromatic heterocycles. The quantitative estimate of drug-likeness (QED) is 0.687. The summed E-state index contributed by atoms with van der Waals surface area (Å²) in [4.78, 5) is 11.9. The van der Waals surface area contributed by atoms with E-state index in [1.54, 1.807) is 36.8 Å². The van der Waals surface area contributed by atoms with E-state index in [1.165, 1.54) is 24.8 Å². The molecule has 0 unspecified atom stereocenters. The molecule has 0 aromatic rings. The molecular formula is C17H16N4O. The van der Waals surface area contributed by atoms with Crippen molar-refractivity contribution in [3.8, 4) is 6.07 Å². The van der Waals surface area contributed by atoms with Crippen LogP contribution in [0.1, 0.15) is 0 Å². The first-order valence-corrected chi connectivity index (χ1v) is 6.54. The number of hydrogen-bond donors (Lipinski definition) is 0. The first-order chi connectivity index (χ1) is 10.9. The highest BCUT2D eigenvalue weighted by Gasteiger charge is 1.85. The van der Waals surface area contributed by atoms with Gasteiger partial charge in [-0.15, -0.1) is 0 Å². The van der Waals surface area contributed by atoms with Gasteiger partial charge in [0.25, 0.3) is 0 Å². The van der Waals surface area contributed by atoms with Crippen molar-refractivity contribution in [2.75, 3.05) is 6.61 Å². The molecule has 5 nitrogen and oxygen atoms in total. The molecule has 0 aliphatic carbocycles. The third-order valence-electron chi connectivity index (χ3n) is 2.08. The molecule has 1 rings (SSSR count). The minimum absolute atomic E-state index is 0.208.